The fourth-order valence-corrected chi connectivity index (χ4v) is 2.29. The molecule has 0 amide bonds. The lowest BCUT2D eigenvalue weighted by atomic mass is 9.99. The first-order valence-electron chi connectivity index (χ1n) is 6.17. The summed E-state index contributed by atoms with van der Waals surface area (Å²) >= 11 is 5.82. The Kier molecular flexibility index (Phi) is 4.58. The van der Waals surface area contributed by atoms with Crippen molar-refractivity contribution in [2.24, 2.45) is 5.92 Å². The summed E-state index contributed by atoms with van der Waals surface area (Å²) in [5.74, 6) is 0.743. The molecule has 0 aromatic heterocycles. The number of hydrogen-bond acceptors (Lipinski definition) is 2. The van der Waals surface area contributed by atoms with E-state index in [0.717, 1.165) is 38.1 Å². The quantitative estimate of drug-likeness (QED) is 0.917. The summed E-state index contributed by atoms with van der Waals surface area (Å²) in [5.41, 5.74) is -0.758. The normalized spacial score (nSPS) is 17.5. The lowest BCUT2D eigenvalue weighted by molar-refractivity contribution is -0.137. The van der Waals surface area contributed by atoms with Gasteiger partial charge in [-0.05, 0) is 50.0 Å². The summed E-state index contributed by atoms with van der Waals surface area (Å²) in [5, 5.41) is 3.25. The fourth-order valence-electron chi connectivity index (χ4n) is 2.05. The van der Waals surface area contributed by atoms with E-state index in [4.69, 9.17) is 16.3 Å². The fraction of sp³-hybridized carbons (Fsp3) is 0.538. The zero-order chi connectivity index (χ0) is 13.9. The third-order valence-corrected chi connectivity index (χ3v) is 3.49. The molecular formula is C13H15ClF3NO. The molecule has 1 saturated heterocycles. The van der Waals surface area contributed by atoms with E-state index in [1.807, 2.05) is 0 Å². The van der Waals surface area contributed by atoms with Crippen LogP contribution in [0.5, 0.6) is 5.75 Å². The van der Waals surface area contributed by atoms with Gasteiger partial charge in [-0.3, -0.25) is 0 Å². The van der Waals surface area contributed by atoms with Crippen molar-refractivity contribution in [2.45, 2.75) is 19.0 Å². The van der Waals surface area contributed by atoms with Crippen molar-refractivity contribution in [3.8, 4) is 5.75 Å². The zero-order valence-electron chi connectivity index (χ0n) is 10.3. The average Bonchev–Trinajstić information content (AvgIpc) is 2.37. The Morgan fingerprint density at radius 2 is 1.95 bits per heavy atom. The van der Waals surface area contributed by atoms with Crippen molar-refractivity contribution >= 4 is 11.6 Å². The molecule has 6 heteroatoms. The minimum atomic E-state index is -4.38. The summed E-state index contributed by atoms with van der Waals surface area (Å²) in [4.78, 5) is 0. The molecule has 0 spiro atoms. The molecule has 19 heavy (non-hydrogen) atoms. The highest BCUT2D eigenvalue weighted by molar-refractivity contribution is 6.32. The van der Waals surface area contributed by atoms with Gasteiger partial charge in [0.15, 0.2) is 0 Å². The molecule has 0 saturated carbocycles. The Bertz CT molecular complexity index is 430. The number of rotatable bonds is 3. The first-order chi connectivity index (χ1) is 8.97. The van der Waals surface area contributed by atoms with Gasteiger partial charge < -0.3 is 10.1 Å². The van der Waals surface area contributed by atoms with Gasteiger partial charge in [-0.15, -0.1) is 0 Å². The molecule has 2 rings (SSSR count). The molecule has 0 atom stereocenters. The minimum Gasteiger partial charge on any atom is -0.492 e. The molecule has 1 aliphatic rings. The molecule has 106 valence electrons. The van der Waals surface area contributed by atoms with E-state index in [1.54, 1.807) is 0 Å². The predicted molar refractivity (Wildman–Crippen MR) is 67.5 cm³/mol. The second kappa shape index (κ2) is 6.01. The minimum absolute atomic E-state index is 0.00348. The summed E-state index contributed by atoms with van der Waals surface area (Å²) in [6, 6.07) is 3.18. The van der Waals surface area contributed by atoms with Crippen LogP contribution in [0, 0.1) is 5.92 Å². The van der Waals surface area contributed by atoms with Crippen LogP contribution in [0.25, 0.3) is 0 Å². The number of nitrogens with one attached hydrogen (secondary N) is 1. The second-order valence-corrected chi connectivity index (χ2v) is 5.05. The Labute approximate surface area is 114 Å². The van der Waals surface area contributed by atoms with Crippen LogP contribution in [0.2, 0.25) is 5.02 Å². The average molecular weight is 294 g/mol. The monoisotopic (exact) mass is 293 g/mol. The van der Waals surface area contributed by atoms with Crippen LogP contribution in [0.4, 0.5) is 13.2 Å². The van der Waals surface area contributed by atoms with Gasteiger partial charge in [-0.1, -0.05) is 11.6 Å². The lowest BCUT2D eigenvalue weighted by Gasteiger charge is -2.23. The lowest BCUT2D eigenvalue weighted by Crippen LogP contribution is -2.30. The molecule has 1 fully saturated rings. The summed E-state index contributed by atoms with van der Waals surface area (Å²) < 4.78 is 42.9. The predicted octanol–water partition coefficient (Wildman–Crippen LogP) is 3.74. The van der Waals surface area contributed by atoms with Crippen LogP contribution < -0.4 is 10.1 Å². The molecule has 0 aliphatic carbocycles. The smallest absolute Gasteiger partial charge is 0.416 e. The number of benzene rings is 1. The standard InChI is InChI=1S/C13H15ClF3NO/c14-11-7-10(13(15,16)17)1-2-12(11)19-8-9-3-5-18-6-4-9/h1-2,7,9,18H,3-6,8H2. The number of hydrogen-bond donors (Lipinski definition) is 1. The molecule has 0 bridgehead atoms. The molecule has 0 radical (unpaired) electrons. The number of alkyl halides is 3. The van der Waals surface area contributed by atoms with Crippen LogP contribution in [-0.2, 0) is 6.18 Å². The van der Waals surface area contributed by atoms with E-state index in [1.165, 1.54) is 6.07 Å². The van der Waals surface area contributed by atoms with E-state index in [0.29, 0.717) is 18.3 Å². The van der Waals surface area contributed by atoms with Crippen LogP contribution >= 0.6 is 11.6 Å². The van der Waals surface area contributed by atoms with Gasteiger partial charge in [-0.2, -0.15) is 13.2 Å². The Morgan fingerprint density at radius 3 is 2.53 bits per heavy atom. The van der Waals surface area contributed by atoms with Gasteiger partial charge >= 0.3 is 6.18 Å². The van der Waals surface area contributed by atoms with Crippen LogP contribution in [-0.4, -0.2) is 19.7 Å². The molecule has 1 heterocycles. The molecule has 1 aromatic carbocycles. The highest BCUT2D eigenvalue weighted by Crippen LogP contribution is 2.34. The van der Waals surface area contributed by atoms with Crippen molar-refractivity contribution in [3.05, 3.63) is 28.8 Å². The van der Waals surface area contributed by atoms with Crippen molar-refractivity contribution in [1.82, 2.24) is 5.32 Å². The first kappa shape index (κ1) is 14.5. The molecule has 1 aromatic rings. The van der Waals surface area contributed by atoms with Crippen LogP contribution in [0.15, 0.2) is 18.2 Å². The zero-order valence-corrected chi connectivity index (χ0v) is 11.0. The molecule has 2 nitrogen and oxygen atoms in total. The number of piperidine rings is 1. The third kappa shape index (κ3) is 4.01. The maximum Gasteiger partial charge on any atom is 0.416 e. The molecule has 0 unspecified atom stereocenters. The number of halogens is 4. The second-order valence-electron chi connectivity index (χ2n) is 4.65. The van der Waals surface area contributed by atoms with E-state index in [9.17, 15) is 13.2 Å². The maximum atomic E-state index is 12.5. The molecule has 1 N–H and O–H groups in total. The van der Waals surface area contributed by atoms with Gasteiger partial charge in [0.25, 0.3) is 0 Å². The van der Waals surface area contributed by atoms with Crippen molar-refractivity contribution in [1.29, 1.82) is 0 Å². The van der Waals surface area contributed by atoms with E-state index in [2.05, 4.69) is 5.32 Å². The van der Waals surface area contributed by atoms with Crippen molar-refractivity contribution < 1.29 is 17.9 Å². The Morgan fingerprint density at radius 1 is 1.26 bits per heavy atom. The van der Waals surface area contributed by atoms with Gasteiger partial charge in [0.1, 0.15) is 5.75 Å². The summed E-state index contributed by atoms with van der Waals surface area (Å²) in [6.45, 7) is 2.40. The summed E-state index contributed by atoms with van der Waals surface area (Å²) in [6.07, 6.45) is -2.35. The third-order valence-electron chi connectivity index (χ3n) is 3.19. The first-order valence-corrected chi connectivity index (χ1v) is 6.55. The SMILES string of the molecule is FC(F)(F)c1ccc(OCC2CCNCC2)c(Cl)c1. The van der Waals surface area contributed by atoms with E-state index >= 15 is 0 Å². The van der Waals surface area contributed by atoms with Crippen molar-refractivity contribution in [2.75, 3.05) is 19.7 Å². The topological polar surface area (TPSA) is 21.3 Å². The van der Waals surface area contributed by atoms with E-state index in [-0.39, 0.29) is 5.02 Å². The highest BCUT2D eigenvalue weighted by Gasteiger charge is 2.31. The van der Waals surface area contributed by atoms with Gasteiger partial charge in [0, 0.05) is 0 Å². The van der Waals surface area contributed by atoms with E-state index < -0.39 is 11.7 Å². The van der Waals surface area contributed by atoms with Crippen LogP contribution in [0.3, 0.4) is 0 Å². The largest absolute Gasteiger partial charge is 0.492 e. The van der Waals surface area contributed by atoms with Gasteiger partial charge in [-0.25, -0.2) is 0 Å². The summed E-state index contributed by atoms with van der Waals surface area (Å²) in [7, 11) is 0. The molecular weight excluding hydrogens is 279 g/mol. The van der Waals surface area contributed by atoms with Gasteiger partial charge in [0.05, 0.1) is 17.2 Å². The van der Waals surface area contributed by atoms with Gasteiger partial charge in [0.2, 0.25) is 0 Å². The Balaban J connectivity index is 1.97. The maximum absolute atomic E-state index is 12.5. The van der Waals surface area contributed by atoms with Crippen LogP contribution in [0.1, 0.15) is 18.4 Å². The Hall–Kier alpha value is -0.940. The molecule has 1 aliphatic heterocycles. The van der Waals surface area contributed by atoms with Crippen molar-refractivity contribution in [3.63, 3.8) is 0 Å². The number of ether oxygens (including phenoxy) is 1. The highest BCUT2D eigenvalue weighted by atomic mass is 35.5.